The van der Waals surface area contributed by atoms with Crippen molar-refractivity contribution < 1.29 is 14.3 Å². The van der Waals surface area contributed by atoms with Crippen molar-refractivity contribution in [1.29, 1.82) is 0 Å². The van der Waals surface area contributed by atoms with Crippen molar-refractivity contribution in [3.8, 4) is 5.75 Å². The van der Waals surface area contributed by atoms with E-state index < -0.39 is 5.97 Å². The fourth-order valence-corrected chi connectivity index (χ4v) is 1.91. The molecule has 100 valence electrons. The van der Waals surface area contributed by atoms with Gasteiger partial charge in [0.2, 0.25) is 0 Å². The van der Waals surface area contributed by atoms with Gasteiger partial charge in [-0.3, -0.25) is 4.79 Å². The Kier molecular flexibility index (Phi) is 4.48. The standard InChI is InChI=1S/C16H11BrO3/c1-2-15(18)20-14-6-4-3-5-13(14)16(19)11-7-9-12(17)10-8-11/h2-10H,1H2. The van der Waals surface area contributed by atoms with Gasteiger partial charge in [0.05, 0.1) is 5.56 Å². The van der Waals surface area contributed by atoms with Crippen LogP contribution in [0, 0.1) is 0 Å². The second-order valence-electron chi connectivity index (χ2n) is 3.96. The molecule has 2 aromatic carbocycles. The summed E-state index contributed by atoms with van der Waals surface area (Å²) >= 11 is 3.32. The van der Waals surface area contributed by atoms with Crippen molar-refractivity contribution in [2.45, 2.75) is 0 Å². The molecule has 0 unspecified atom stereocenters. The average molecular weight is 331 g/mol. The summed E-state index contributed by atoms with van der Waals surface area (Å²) in [5.74, 6) is -0.573. The molecule has 2 aromatic rings. The van der Waals surface area contributed by atoms with Crippen molar-refractivity contribution in [2.75, 3.05) is 0 Å². The van der Waals surface area contributed by atoms with Crippen LogP contribution in [0.5, 0.6) is 5.75 Å². The van der Waals surface area contributed by atoms with Crippen molar-refractivity contribution in [3.05, 3.63) is 76.8 Å². The first-order valence-corrected chi connectivity index (χ1v) is 6.64. The van der Waals surface area contributed by atoms with Gasteiger partial charge in [-0.25, -0.2) is 4.79 Å². The molecule has 2 rings (SSSR count). The lowest BCUT2D eigenvalue weighted by molar-refractivity contribution is -0.128. The van der Waals surface area contributed by atoms with E-state index in [1.165, 1.54) is 0 Å². The lowest BCUT2D eigenvalue weighted by Gasteiger charge is -2.08. The Morgan fingerprint density at radius 2 is 1.70 bits per heavy atom. The Morgan fingerprint density at radius 3 is 2.35 bits per heavy atom. The lowest BCUT2D eigenvalue weighted by Crippen LogP contribution is -2.09. The number of ketones is 1. The highest BCUT2D eigenvalue weighted by molar-refractivity contribution is 9.10. The second kappa shape index (κ2) is 6.30. The van der Waals surface area contributed by atoms with E-state index in [0.29, 0.717) is 11.1 Å². The van der Waals surface area contributed by atoms with Gasteiger partial charge in [-0.1, -0.05) is 34.6 Å². The summed E-state index contributed by atoms with van der Waals surface area (Å²) in [4.78, 5) is 23.7. The van der Waals surface area contributed by atoms with E-state index in [1.54, 1.807) is 48.5 Å². The lowest BCUT2D eigenvalue weighted by atomic mass is 10.0. The molecule has 4 heteroatoms. The Balaban J connectivity index is 2.36. The maximum Gasteiger partial charge on any atom is 0.335 e. The highest BCUT2D eigenvalue weighted by atomic mass is 79.9. The highest BCUT2D eigenvalue weighted by Crippen LogP contribution is 2.22. The zero-order chi connectivity index (χ0) is 14.5. The number of carbonyl (C=O) groups is 2. The first-order chi connectivity index (χ1) is 9.61. The molecular formula is C16H11BrO3. The number of para-hydroxylation sites is 1. The van der Waals surface area contributed by atoms with Crippen LogP contribution in [-0.2, 0) is 4.79 Å². The summed E-state index contributed by atoms with van der Waals surface area (Å²) in [6.45, 7) is 3.33. The number of benzene rings is 2. The molecule has 0 atom stereocenters. The Morgan fingerprint density at radius 1 is 1.05 bits per heavy atom. The molecule has 0 fully saturated rings. The molecule has 0 aliphatic heterocycles. The second-order valence-corrected chi connectivity index (χ2v) is 4.87. The first kappa shape index (κ1) is 14.2. The van der Waals surface area contributed by atoms with E-state index in [0.717, 1.165) is 10.5 Å². The van der Waals surface area contributed by atoms with Crippen molar-refractivity contribution in [1.82, 2.24) is 0 Å². The molecule has 0 aliphatic rings. The van der Waals surface area contributed by atoms with Gasteiger partial charge < -0.3 is 4.74 Å². The van der Waals surface area contributed by atoms with Crippen LogP contribution in [0.15, 0.2) is 65.7 Å². The maximum atomic E-state index is 12.4. The van der Waals surface area contributed by atoms with Crippen LogP contribution < -0.4 is 4.74 Å². The third kappa shape index (κ3) is 3.22. The van der Waals surface area contributed by atoms with Crippen LogP contribution >= 0.6 is 15.9 Å². The minimum atomic E-state index is -0.596. The van der Waals surface area contributed by atoms with Crippen LogP contribution in [0.25, 0.3) is 0 Å². The van der Waals surface area contributed by atoms with Crippen LogP contribution in [0.1, 0.15) is 15.9 Å². The van der Waals surface area contributed by atoms with Gasteiger partial charge in [0, 0.05) is 16.1 Å². The van der Waals surface area contributed by atoms with Crippen LogP contribution in [0.2, 0.25) is 0 Å². The monoisotopic (exact) mass is 330 g/mol. The van der Waals surface area contributed by atoms with E-state index in [1.807, 2.05) is 0 Å². The summed E-state index contributed by atoms with van der Waals surface area (Å²) in [5, 5.41) is 0. The van der Waals surface area contributed by atoms with Gasteiger partial charge >= 0.3 is 5.97 Å². The quantitative estimate of drug-likeness (QED) is 0.371. The molecule has 0 amide bonds. The highest BCUT2D eigenvalue weighted by Gasteiger charge is 2.15. The predicted molar refractivity (Wildman–Crippen MR) is 79.8 cm³/mol. The molecule has 0 saturated heterocycles. The number of ether oxygens (including phenoxy) is 1. The zero-order valence-electron chi connectivity index (χ0n) is 10.5. The third-order valence-electron chi connectivity index (χ3n) is 2.62. The topological polar surface area (TPSA) is 43.4 Å². The Labute approximate surface area is 125 Å². The molecule has 0 radical (unpaired) electrons. The number of hydrogen-bond donors (Lipinski definition) is 0. The summed E-state index contributed by atoms with van der Waals surface area (Å²) in [5.41, 5.74) is 0.861. The van der Waals surface area contributed by atoms with Gasteiger partial charge in [0.1, 0.15) is 5.75 Å². The van der Waals surface area contributed by atoms with E-state index >= 15 is 0 Å². The molecule has 0 bridgehead atoms. The molecular weight excluding hydrogens is 320 g/mol. The maximum absolute atomic E-state index is 12.4. The molecule has 3 nitrogen and oxygen atoms in total. The minimum Gasteiger partial charge on any atom is -0.423 e. The van der Waals surface area contributed by atoms with Crippen molar-refractivity contribution >= 4 is 27.7 Å². The molecule has 0 spiro atoms. The van der Waals surface area contributed by atoms with Crippen molar-refractivity contribution in [3.63, 3.8) is 0 Å². The largest absolute Gasteiger partial charge is 0.423 e. The molecule has 0 heterocycles. The van der Waals surface area contributed by atoms with E-state index in [-0.39, 0.29) is 11.5 Å². The first-order valence-electron chi connectivity index (χ1n) is 5.85. The molecule has 0 aromatic heterocycles. The smallest absolute Gasteiger partial charge is 0.335 e. The molecule has 0 aliphatic carbocycles. The third-order valence-corrected chi connectivity index (χ3v) is 3.14. The van der Waals surface area contributed by atoms with Crippen LogP contribution in [-0.4, -0.2) is 11.8 Å². The summed E-state index contributed by atoms with van der Waals surface area (Å²) in [6, 6.07) is 13.6. The van der Waals surface area contributed by atoms with Gasteiger partial charge in [0.15, 0.2) is 5.78 Å². The SMILES string of the molecule is C=CC(=O)Oc1ccccc1C(=O)c1ccc(Br)cc1. The Bertz CT molecular complexity index is 660. The number of halogens is 1. The van der Waals surface area contributed by atoms with E-state index in [9.17, 15) is 9.59 Å². The number of esters is 1. The van der Waals surface area contributed by atoms with Gasteiger partial charge in [-0.05, 0) is 36.4 Å². The number of hydrogen-bond acceptors (Lipinski definition) is 3. The minimum absolute atomic E-state index is 0.204. The zero-order valence-corrected chi connectivity index (χ0v) is 12.1. The summed E-state index contributed by atoms with van der Waals surface area (Å²) in [7, 11) is 0. The normalized spacial score (nSPS) is 9.85. The summed E-state index contributed by atoms with van der Waals surface area (Å²) < 4.78 is 5.96. The Hall–Kier alpha value is -2.20. The number of carbonyl (C=O) groups excluding carboxylic acids is 2. The fraction of sp³-hybridized carbons (Fsp3) is 0. The number of rotatable bonds is 4. The van der Waals surface area contributed by atoms with E-state index in [4.69, 9.17) is 4.74 Å². The molecule has 20 heavy (non-hydrogen) atoms. The predicted octanol–water partition coefficient (Wildman–Crippen LogP) is 3.77. The van der Waals surface area contributed by atoms with Gasteiger partial charge in [0.25, 0.3) is 0 Å². The van der Waals surface area contributed by atoms with E-state index in [2.05, 4.69) is 22.5 Å². The average Bonchev–Trinajstić information content (AvgIpc) is 2.48. The van der Waals surface area contributed by atoms with Crippen molar-refractivity contribution in [2.24, 2.45) is 0 Å². The van der Waals surface area contributed by atoms with Crippen LogP contribution in [0.4, 0.5) is 0 Å². The summed E-state index contributed by atoms with van der Waals surface area (Å²) in [6.07, 6.45) is 1.06. The van der Waals surface area contributed by atoms with Crippen LogP contribution in [0.3, 0.4) is 0 Å². The van der Waals surface area contributed by atoms with Gasteiger partial charge in [-0.15, -0.1) is 0 Å². The molecule has 0 N–H and O–H groups in total. The fourth-order valence-electron chi connectivity index (χ4n) is 1.65. The molecule has 0 saturated carbocycles. The van der Waals surface area contributed by atoms with Gasteiger partial charge in [-0.2, -0.15) is 0 Å².